The van der Waals surface area contributed by atoms with Crippen molar-refractivity contribution in [2.24, 2.45) is 0 Å². The van der Waals surface area contributed by atoms with Crippen LogP contribution in [0.2, 0.25) is 0 Å². The van der Waals surface area contributed by atoms with E-state index in [4.69, 9.17) is 4.74 Å². The standard InChI is InChI=1S/C14H28N4O4S/c1-15-4-6-16(7-5-15)12-14(19)2-3-18(13-14)23(20,21)17-8-10-22-11-9-17/h19H,2-13H2,1H3/t14-/m1/s1. The fraction of sp³-hybridized carbons (Fsp3) is 1.00. The highest BCUT2D eigenvalue weighted by Crippen LogP contribution is 2.27. The third-order valence-electron chi connectivity index (χ3n) is 5.03. The molecule has 0 spiro atoms. The van der Waals surface area contributed by atoms with Gasteiger partial charge in [-0.05, 0) is 13.5 Å². The summed E-state index contributed by atoms with van der Waals surface area (Å²) in [6.45, 7) is 6.66. The summed E-state index contributed by atoms with van der Waals surface area (Å²) in [5.74, 6) is 0. The van der Waals surface area contributed by atoms with Gasteiger partial charge in [0.25, 0.3) is 10.2 Å². The van der Waals surface area contributed by atoms with Crippen LogP contribution in [0.4, 0.5) is 0 Å². The maximum absolute atomic E-state index is 12.7. The van der Waals surface area contributed by atoms with Gasteiger partial charge in [-0.25, -0.2) is 0 Å². The first-order valence-corrected chi connectivity index (χ1v) is 9.75. The Morgan fingerprint density at radius 3 is 2.30 bits per heavy atom. The summed E-state index contributed by atoms with van der Waals surface area (Å²) in [5.41, 5.74) is -0.935. The molecule has 0 aromatic heterocycles. The molecular weight excluding hydrogens is 320 g/mol. The minimum Gasteiger partial charge on any atom is -0.387 e. The predicted molar refractivity (Wildman–Crippen MR) is 86.4 cm³/mol. The van der Waals surface area contributed by atoms with Crippen LogP contribution in [0.25, 0.3) is 0 Å². The number of likely N-dealkylation sites (N-methyl/N-ethyl adjacent to an activating group) is 1. The van der Waals surface area contributed by atoms with E-state index in [1.54, 1.807) is 0 Å². The van der Waals surface area contributed by atoms with E-state index in [9.17, 15) is 13.5 Å². The van der Waals surface area contributed by atoms with Gasteiger partial charge in [-0.15, -0.1) is 0 Å². The number of morpholine rings is 1. The highest BCUT2D eigenvalue weighted by atomic mass is 32.2. The summed E-state index contributed by atoms with van der Waals surface area (Å²) in [6.07, 6.45) is 0.503. The Labute approximate surface area is 138 Å². The van der Waals surface area contributed by atoms with Gasteiger partial charge >= 0.3 is 0 Å². The van der Waals surface area contributed by atoms with Crippen LogP contribution in [0.15, 0.2) is 0 Å². The van der Waals surface area contributed by atoms with Crippen molar-refractivity contribution in [2.75, 3.05) is 79.2 Å². The first-order chi connectivity index (χ1) is 10.9. The van der Waals surface area contributed by atoms with Gasteiger partial charge in [0, 0.05) is 58.9 Å². The van der Waals surface area contributed by atoms with E-state index >= 15 is 0 Å². The molecule has 0 saturated carbocycles. The zero-order valence-corrected chi connectivity index (χ0v) is 14.7. The molecule has 0 aromatic carbocycles. The van der Waals surface area contributed by atoms with Crippen LogP contribution in [0.5, 0.6) is 0 Å². The monoisotopic (exact) mass is 348 g/mol. The van der Waals surface area contributed by atoms with Gasteiger partial charge in [0.15, 0.2) is 0 Å². The molecule has 0 aromatic rings. The van der Waals surface area contributed by atoms with Crippen LogP contribution in [0.1, 0.15) is 6.42 Å². The molecule has 0 radical (unpaired) electrons. The molecular formula is C14H28N4O4S. The third-order valence-corrected chi connectivity index (χ3v) is 7.02. The molecule has 3 rings (SSSR count). The number of aliphatic hydroxyl groups is 1. The van der Waals surface area contributed by atoms with Crippen LogP contribution < -0.4 is 0 Å². The Bertz CT molecular complexity index is 503. The van der Waals surface area contributed by atoms with E-state index in [-0.39, 0.29) is 6.54 Å². The second kappa shape index (κ2) is 6.91. The normalized spacial score (nSPS) is 33.3. The summed E-state index contributed by atoms with van der Waals surface area (Å²) < 4.78 is 33.5. The predicted octanol–water partition coefficient (Wildman–Crippen LogP) is -1.75. The van der Waals surface area contributed by atoms with Crippen molar-refractivity contribution in [1.82, 2.24) is 18.4 Å². The molecule has 9 heteroatoms. The van der Waals surface area contributed by atoms with E-state index in [0.29, 0.717) is 45.8 Å². The van der Waals surface area contributed by atoms with Crippen molar-refractivity contribution in [1.29, 1.82) is 0 Å². The first kappa shape index (κ1) is 17.5. The Morgan fingerprint density at radius 1 is 1.00 bits per heavy atom. The zero-order valence-electron chi connectivity index (χ0n) is 13.9. The maximum atomic E-state index is 12.7. The molecule has 3 fully saturated rings. The number of ether oxygens (including phenoxy) is 1. The lowest BCUT2D eigenvalue weighted by Crippen LogP contribution is -2.53. The quantitative estimate of drug-likeness (QED) is 0.649. The lowest BCUT2D eigenvalue weighted by Gasteiger charge is -2.37. The van der Waals surface area contributed by atoms with Gasteiger partial charge in [0.1, 0.15) is 0 Å². The maximum Gasteiger partial charge on any atom is 0.282 e. The highest BCUT2D eigenvalue weighted by Gasteiger charge is 2.44. The van der Waals surface area contributed by atoms with Gasteiger partial charge in [0.2, 0.25) is 0 Å². The van der Waals surface area contributed by atoms with E-state index < -0.39 is 15.8 Å². The van der Waals surface area contributed by atoms with E-state index in [1.807, 2.05) is 0 Å². The third kappa shape index (κ3) is 4.04. The molecule has 0 amide bonds. The molecule has 1 N–H and O–H groups in total. The summed E-state index contributed by atoms with van der Waals surface area (Å²) in [5, 5.41) is 10.8. The number of hydrogen-bond donors (Lipinski definition) is 1. The second-order valence-electron chi connectivity index (χ2n) is 6.91. The number of rotatable bonds is 4. The minimum absolute atomic E-state index is 0.193. The Kier molecular flexibility index (Phi) is 5.27. The summed E-state index contributed by atoms with van der Waals surface area (Å²) in [6, 6.07) is 0. The highest BCUT2D eigenvalue weighted by molar-refractivity contribution is 7.86. The van der Waals surface area contributed by atoms with Gasteiger partial charge in [-0.1, -0.05) is 0 Å². The van der Waals surface area contributed by atoms with Crippen molar-refractivity contribution in [2.45, 2.75) is 12.0 Å². The van der Waals surface area contributed by atoms with Crippen LogP contribution in [0, 0.1) is 0 Å². The SMILES string of the molecule is CN1CCN(C[C@]2(O)CCN(S(=O)(=O)N3CCOCC3)C2)CC1. The summed E-state index contributed by atoms with van der Waals surface area (Å²) >= 11 is 0. The van der Waals surface area contributed by atoms with Crippen molar-refractivity contribution >= 4 is 10.2 Å². The zero-order chi connectivity index (χ0) is 16.5. The van der Waals surface area contributed by atoms with Gasteiger partial charge in [0.05, 0.1) is 18.8 Å². The molecule has 23 heavy (non-hydrogen) atoms. The molecule has 3 aliphatic rings. The van der Waals surface area contributed by atoms with Gasteiger partial charge < -0.3 is 14.7 Å². The lowest BCUT2D eigenvalue weighted by atomic mass is 10.0. The summed E-state index contributed by atoms with van der Waals surface area (Å²) in [7, 11) is -1.39. The average Bonchev–Trinajstić information content (AvgIpc) is 2.93. The molecule has 1 atom stereocenters. The van der Waals surface area contributed by atoms with E-state index in [2.05, 4.69) is 16.8 Å². The number of hydrogen-bond acceptors (Lipinski definition) is 6. The van der Waals surface area contributed by atoms with Crippen molar-refractivity contribution in [3.05, 3.63) is 0 Å². The van der Waals surface area contributed by atoms with E-state index in [0.717, 1.165) is 26.2 Å². The van der Waals surface area contributed by atoms with Crippen LogP contribution >= 0.6 is 0 Å². The van der Waals surface area contributed by atoms with Crippen molar-refractivity contribution < 1.29 is 18.3 Å². The molecule has 3 aliphatic heterocycles. The largest absolute Gasteiger partial charge is 0.387 e. The molecule has 134 valence electrons. The van der Waals surface area contributed by atoms with E-state index in [1.165, 1.54) is 8.61 Å². The second-order valence-corrected chi connectivity index (χ2v) is 8.83. The number of piperazine rings is 1. The van der Waals surface area contributed by atoms with Gasteiger partial charge in [-0.2, -0.15) is 17.0 Å². The average molecular weight is 348 g/mol. The molecule has 3 saturated heterocycles. The Hall–Kier alpha value is -0.290. The van der Waals surface area contributed by atoms with Crippen molar-refractivity contribution in [3.8, 4) is 0 Å². The smallest absolute Gasteiger partial charge is 0.282 e. The van der Waals surface area contributed by atoms with Crippen molar-refractivity contribution in [3.63, 3.8) is 0 Å². The molecule has 0 aliphatic carbocycles. The fourth-order valence-electron chi connectivity index (χ4n) is 3.51. The fourth-order valence-corrected chi connectivity index (χ4v) is 5.17. The minimum atomic E-state index is -3.48. The molecule has 3 heterocycles. The molecule has 0 unspecified atom stereocenters. The van der Waals surface area contributed by atoms with Crippen LogP contribution in [0.3, 0.4) is 0 Å². The lowest BCUT2D eigenvalue weighted by molar-refractivity contribution is 0.00370. The van der Waals surface area contributed by atoms with Crippen LogP contribution in [-0.2, 0) is 14.9 Å². The number of β-amino-alcohol motifs (C(OH)–C–C–N with tert-alkyl or cyclic N) is 1. The Balaban J connectivity index is 1.58. The van der Waals surface area contributed by atoms with Crippen LogP contribution in [-0.4, -0.2) is 117 Å². The summed E-state index contributed by atoms with van der Waals surface area (Å²) in [4.78, 5) is 4.51. The topological polar surface area (TPSA) is 76.6 Å². The molecule has 8 nitrogen and oxygen atoms in total. The molecule has 0 bridgehead atoms. The number of nitrogens with zero attached hydrogens (tertiary/aromatic N) is 4. The first-order valence-electron chi connectivity index (χ1n) is 8.35. The van der Waals surface area contributed by atoms with Gasteiger partial charge in [-0.3, -0.25) is 4.90 Å². The Morgan fingerprint density at radius 2 is 1.65 bits per heavy atom.